The fourth-order valence-electron chi connectivity index (χ4n) is 4.55. The molecule has 186 valence electrons. The van der Waals surface area contributed by atoms with E-state index in [1.807, 2.05) is 20.8 Å². The van der Waals surface area contributed by atoms with E-state index >= 15 is 0 Å². The number of phenolic OH excluding ortho intramolecular Hbond substituents is 1. The highest BCUT2D eigenvalue weighted by atomic mass is 16.6. The summed E-state index contributed by atoms with van der Waals surface area (Å²) in [4.78, 5) is 22.7. The minimum atomic E-state index is -0.938. The average Bonchev–Trinajstić information content (AvgIpc) is 3.27. The van der Waals surface area contributed by atoms with Gasteiger partial charge in [0.25, 0.3) is 0 Å². The molecule has 1 aromatic heterocycles. The molecule has 0 saturated heterocycles. The van der Waals surface area contributed by atoms with Crippen molar-refractivity contribution in [2.75, 3.05) is 7.11 Å². The Morgan fingerprint density at radius 1 is 1.32 bits per heavy atom. The van der Waals surface area contributed by atoms with Gasteiger partial charge in [-0.2, -0.15) is 0 Å². The lowest BCUT2D eigenvalue weighted by Gasteiger charge is -2.34. The second-order valence-electron chi connectivity index (χ2n) is 9.67. The number of tetrazole rings is 1. The summed E-state index contributed by atoms with van der Waals surface area (Å²) in [5.41, 5.74) is -0.657. The first-order valence-corrected chi connectivity index (χ1v) is 11.3. The van der Waals surface area contributed by atoms with Gasteiger partial charge in [-0.3, -0.25) is 20.2 Å². The molecule has 1 fully saturated rings. The van der Waals surface area contributed by atoms with E-state index in [0.29, 0.717) is 11.4 Å². The largest absolute Gasteiger partial charge is 0.500 e. The van der Waals surface area contributed by atoms with E-state index in [9.17, 15) is 25.1 Å². The summed E-state index contributed by atoms with van der Waals surface area (Å²) in [6.45, 7) is 5.75. The van der Waals surface area contributed by atoms with Crippen LogP contribution in [0.2, 0.25) is 0 Å². The molecule has 0 amide bonds. The zero-order valence-electron chi connectivity index (χ0n) is 19.9. The SMILES string of the molecule is COc1cc(C(NC(CC(=O)O)C2CCCCC2)c2nnnn2C(C)(C)C)cc([N+](=O)[O-])c1O. The number of carbonyl (C=O) groups is 1. The number of methoxy groups -OCH3 is 1. The fraction of sp³-hybridized carbons (Fsp3) is 0.636. The Bertz CT molecular complexity index is 1030. The number of nitrogens with one attached hydrogen (secondary N) is 1. The first-order chi connectivity index (χ1) is 16.0. The van der Waals surface area contributed by atoms with Crippen LogP contribution in [-0.2, 0) is 10.3 Å². The average molecular weight is 477 g/mol. The van der Waals surface area contributed by atoms with Crippen LogP contribution in [0.3, 0.4) is 0 Å². The van der Waals surface area contributed by atoms with Crippen molar-refractivity contribution in [1.29, 1.82) is 0 Å². The van der Waals surface area contributed by atoms with Gasteiger partial charge in [-0.15, -0.1) is 5.10 Å². The molecule has 1 aliphatic carbocycles. The molecule has 2 atom stereocenters. The molecule has 12 heteroatoms. The van der Waals surface area contributed by atoms with Crippen LogP contribution in [0.1, 0.15) is 76.7 Å². The number of carboxylic acids is 1. The smallest absolute Gasteiger partial charge is 0.315 e. The zero-order chi connectivity index (χ0) is 25.0. The number of nitro groups is 1. The molecule has 12 nitrogen and oxygen atoms in total. The van der Waals surface area contributed by atoms with Crippen molar-refractivity contribution in [2.24, 2.45) is 5.92 Å². The Morgan fingerprint density at radius 3 is 2.56 bits per heavy atom. The highest BCUT2D eigenvalue weighted by molar-refractivity contribution is 5.67. The quantitative estimate of drug-likeness (QED) is 0.361. The first-order valence-electron chi connectivity index (χ1n) is 11.3. The molecular weight excluding hydrogens is 444 g/mol. The normalized spacial score (nSPS) is 16.7. The Morgan fingerprint density at radius 2 is 2.00 bits per heavy atom. The number of rotatable bonds is 9. The van der Waals surface area contributed by atoms with Crippen LogP contribution in [0.5, 0.6) is 11.5 Å². The van der Waals surface area contributed by atoms with E-state index in [1.54, 1.807) is 4.68 Å². The van der Waals surface area contributed by atoms with Crippen LogP contribution in [0.4, 0.5) is 5.69 Å². The van der Waals surface area contributed by atoms with Gasteiger partial charge in [0.15, 0.2) is 11.6 Å². The predicted molar refractivity (Wildman–Crippen MR) is 122 cm³/mol. The van der Waals surface area contributed by atoms with Gasteiger partial charge in [0, 0.05) is 12.1 Å². The van der Waals surface area contributed by atoms with Crippen LogP contribution in [-0.4, -0.2) is 54.5 Å². The van der Waals surface area contributed by atoms with Gasteiger partial charge in [0.1, 0.15) is 0 Å². The van der Waals surface area contributed by atoms with Crippen LogP contribution in [0.15, 0.2) is 12.1 Å². The van der Waals surface area contributed by atoms with Crippen molar-refractivity contribution in [3.05, 3.63) is 33.6 Å². The molecule has 34 heavy (non-hydrogen) atoms. The molecule has 3 N–H and O–H groups in total. The van der Waals surface area contributed by atoms with Crippen molar-refractivity contribution in [1.82, 2.24) is 25.5 Å². The van der Waals surface area contributed by atoms with Crippen LogP contribution >= 0.6 is 0 Å². The van der Waals surface area contributed by atoms with Gasteiger partial charge in [0.05, 0.1) is 30.0 Å². The topological polar surface area (TPSA) is 166 Å². The summed E-state index contributed by atoms with van der Waals surface area (Å²) in [5, 5.41) is 47.1. The highest BCUT2D eigenvalue weighted by Crippen LogP contribution is 2.40. The number of nitrogens with zero attached hydrogens (tertiary/aromatic N) is 5. The molecule has 0 aliphatic heterocycles. The minimum absolute atomic E-state index is 0.0711. The van der Waals surface area contributed by atoms with E-state index in [-0.39, 0.29) is 18.1 Å². The van der Waals surface area contributed by atoms with Crippen LogP contribution in [0.25, 0.3) is 0 Å². The standard InChI is InChI=1S/C22H32N6O6/c1-22(2,3)27-21(24-25-26-27)19(14-10-16(28(32)33)20(31)17(11-14)34-4)23-15(12-18(29)30)13-8-6-5-7-9-13/h10-11,13,15,19,23,31H,5-9,12H2,1-4H3,(H,29,30). The second kappa shape index (κ2) is 10.3. The van der Waals surface area contributed by atoms with Gasteiger partial charge >= 0.3 is 11.7 Å². The molecule has 1 aromatic carbocycles. The van der Waals surface area contributed by atoms with Gasteiger partial charge < -0.3 is 14.9 Å². The molecule has 0 bridgehead atoms. The zero-order valence-corrected chi connectivity index (χ0v) is 19.9. The molecular formula is C22H32N6O6. The van der Waals surface area contributed by atoms with Crippen molar-refractivity contribution in [2.45, 2.75) is 76.9 Å². The van der Waals surface area contributed by atoms with Gasteiger partial charge in [-0.25, -0.2) is 4.68 Å². The van der Waals surface area contributed by atoms with E-state index in [2.05, 4.69) is 20.8 Å². The number of aromatic nitrogens is 4. The van der Waals surface area contributed by atoms with E-state index in [1.165, 1.54) is 19.2 Å². The number of phenols is 1. The summed E-state index contributed by atoms with van der Waals surface area (Å²) in [5.74, 6) is -1.09. The molecule has 0 radical (unpaired) electrons. The monoisotopic (exact) mass is 476 g/mol. The molecule has 1 saturated carbocycles. The van der Waals surface area contributed by atoms with Crippen molar-refractivity contribution in [3.63, 3.8) is 0 Å². The Balaban J connectivity index is 2.15. The maximum absolute atomic E-state index is 11.7. The van der Waals surface area contributed by atoms with Gasteiger partial charge in [-0.05, 0) is 61.6 Å². The predicted octanol–water partition coefficient (Wildman–Crippen LogP) is 3.15. The first kappa shape index (κ1) is 25.3. The van der Waals surface area contributed by atoms with Crippen molar-refractivity contribution < 1.29 is 24.7 Å². The number of nitro benzene ring substituents is 1. The number of aromatic hydroxyl groups is 1. The van der Waals surface area contributed by atoms with Crippen LogP contribution < -0.4 is 10.1 Å². The lowest BCUT2D eigenvalue weighted by atomic mass is 9.82. The highest BCUT2D eigenvalue weighted by Gasteiger charge is 2.34. The lowest BCUT2D eigenvalue weighted by molar-refractivity contribution is -0.386. The van der Waals surface area contributed by atoms with Gasteiger partial charge in [0.2, 0.25) is 5.75 Å². The van der Waals surface area contributed by atoms with Crippen molar-refractivity contribution in [3.8, 4) is 11.5 Å². The van der Waals surface area contributed by atoms with Crippen molar-refractivity contribution >= 4 is 11.7 Å². The summed E-state index contributed by atoms with van der Waals surface area (Å²) in [6.07, 6.45) is 4.82. The number of hydrogen-bond donors (Lipinski definition) is 3. The maximum Gasteiger partial charge on any atom is 0.315 e. The Kier molecular flexibility index (Phi) is 7.70. The number of carboxylic acid groups (broad SMARTS) is 1. The summed E-state index contributed by atoms with van der Waals surface area (Å²) < 4.78 is 6.80. The maximum atomic E-state index is 11.7. The molecule has 2 unspecified atom stereocenters. The van der Waals surface area contributed by atoms with Gasteiger partial charge in [-0.1, -0.05) is 19.3 Å². The number of benzene rings is 1. The molecule has 1 aliphatic rings. The number of ether oxygens (including phenoxy) is 1. The summed E-state index contributed by atoms with van der Waals surface area (Å²) in [7, 11) is 1.31. The molecule has 1 heterocycles. The summed E-state index contributed by atoms with van der Waals surface area (Å²) in [6, 6.07) is 1.54. The lowest BCUT2D eigenvalue weighted by Crippen LogP contribution is -2.43. The minimum Gasteiger partial charge on any atom is -0.500 e. The molecule has 3 rings (SSSR count). The third-order valence-electron chi connectivity index (χ3n) is 6.21. The number of aliphatic carboxylic acids is 1. The second-order valence-corrected chi connectivity index (χ2v) is 9.67. The summed E-state index contributed by atoms with van der Waals surface area (Å²) >= 11 is 0. The van der Waals surface area contributed by atoms with E-state index < -0.39 is 40.0 Å². The molecule has 2 aromatic rings. The fourth-order valence-corrected chi connectivity index (χ4v) is 4.55. The third-order valence-corrected chi connectivity index (χ3v) is 6.21. The Hall–Kier alpha value is -3.28. The van der Waals surface area contributed by atoms with E-state index in [0.717, 1.165) is 32.1 Å². The Labute approximate surface area is 197 Å². The van der Waals surface area contributed by atoms with Crippen LogP contribution in [0, 0.1) is 16.0 Å². The van der Waals surface area contributed by atoms with E-state index in [4.69, 9.17) is 4.74 Å². The third kappa shape index (κ3) is 5.61. The molecule has 0 spiro atoms. The number of hydrogen-bond acceptors (Lipinski definition) is 9.